The van der Waals surface area contributed by atoms with E-state index in [4.69, 9.17) is 4.74 Å². The fourth-order valence-corrected chi connectivity index (χ4v) is 3.80. The number of carbonyl (C=O) groups is 3. The van der Waals surface area contributed by atoms with Crippen molar-refractivity contribution in [2.75, 3.05) is 26.7 Å². The van der Waals surface area contributed by atoms with Gasteiger partial charge in [-0.3, -0.25) is 9.36 Å². The van der Waals surface area contributed by atoms with Gasteiger partial charge < -0.3 is 19.4 Å². The van der Waals surface area contributed by atoms with Gasteiger partial charge in [-0.15, -0.1) is 0 Å². The molecule has 0 unspecified atom stereocenters. The summed E-state index contributed by atoms with van der Waals surface area (Å²) >= 11 is 0. The summed E-state index contributed by atoms with van der Waals surface area (Å²) in [4.78, 5) is 46.5. The Morgan fingerprint density at radius 1 is 1.28 bits per heavy atom. The zero-order valence-electron chi connectivity index (χ0n) is 18.0. The van der Waals surface area contributed by atoms with Gasteiger partial charge in [0.2, 0.25) is 5.91 Å². The number of fused-ring (bicyclic) bond motifs is 1. The molecule has 0 N–H and O–H groups in total. The van der Waals surface area contributed by atoms with E-state index >= 15 is 0 Å². The van der Waals surface area contributed by atoms with Crippen LogP contribution < -0.4 is 0 Å². The maximum Gasteiger partial charge on any atom is 0.410 e. The number of likely N-dealkylation sites (tertiary alicyclic amines) is 1. The third-order valence-corrected chi connectivity index (χ3v) is 5.40. The summed E-state index contributed by atoms with van der Waals surface area (Å²) in [6.45, 7) is 9.42. The molecular weight excluding hydrogens is 374 g/mol. The SMILES string of the molecule is Cc1ncc2n1C(=O)N(C1CCN(C(=O)CCN(C)C(=O)OC(C)(C)C)CC1)C2. The first kappa shape index (κ1) is 21.1. The van der Waals surface area contributed by atoms with Gasteiger partial charge in [0, 0.05) is 39.1 Å². The average Bonchev–Trinajstić information content (AvgIpc) is 3.18. The molecule has 9 nitrogen and oxygen atoms in total. The third-order valence-electron chi connectivity index (χ3n) is 5.40. The van der Waals surface area contributed by atoms with Crippen molar-refractivity contribution >= 4 is 18.0 Å². The van der Waals surface area contributed by atoms with Crippen LogP contribution in [0, 0.1) is 6.92 Å². The first-order valence-corrected chi connectivity index (χ1v) is 10.1. The molecule has 0 atom stereocenters. The second kappa shape index (κ2) is 8.04. The summed E-state index contributed by atoms with van der Waals surface area (Å²) in [5.74, 6) is 0.743. The normalized spacial score (nSPS) is 17.5. The third kappa shape index (κ3) is 4.71. The number of nitrogens with zero attached hydrogens (tertiary/aromatic N) is 5. The van der Waals surface area contributed by atoms with Crippen molar-refractivity contribution < 1.29 is 19.1 Å². The summed E-state index contributed by atoms with van der Waals surface area (Å²) in [5, 5.41) is 0. The molecule has 1 aromatic heterocycles. The Labute approximate surface area is 171 Å². The molecule has 1 aromatic rings. The number of aryl methyl sites for hydroxylation is 1. The highest BCUT2D eigenvalue weighted by Gasteiger charge is 2.36. The number of piperidine rings is 1. The van der Waals surface area contributed by atoms with Crippen LogP contribution in [0.15, 0.2) is 6.20 Å². The quantitative estimate of drug-likeness (QED) is 0.766. The van der Waals surface area contributed by atoms with Crippen LogP contribution in [0.3, 0.4) is 0 Å². The van der Waals surface area contributed by atoms with Crippen LogP contribution in [-0.4, -0.2) is 80.6 Å². The number of ether oxygens (including phenoxy) is 1. The predicted molar refractivity (Wildman–Crippen MR) is 106 cm³/mol. The van der Waals surface area contributed by atoms with Gasteiger partial charge in [0.15, 0.2) is 0 Å². The molecule has 2 aliphatic rings. The highest BCUT2D eigenvalue weighted by Crippen LogP contribution is 2.26. The Hall–Kier alpha value is -2.58. The summed E-state index contributed by atoms with van der Waals surface area (Å²) < 4.78 is 6.98. The smallest absolute Gasteiger partial charge is 0.410 e. The predicted octanol–water partition coefficient (Wildman–Crippen LogP) is 2.22. The maximum atomic E-state index is 12.7. The van der Waals surface area contributed by atoms with Crippen LogP contribution in [0.1, 0.15) is 51.6 Å². The second-order valence-corrected chi connectivity index (χ2v) is 8.81. The lowest BCUT2D eigenvalue weighted by molar-refractivity contribution is -0.132. The number of hydrogen-bond acceptors (Lipinski definition) is 5. The second-order valence-electron chi connectivity index (χ2n) is 8.81. The molecule has 0 bridgehead atoms. The lowest BCUT2D eigenvalue weighted by Crippen LogP contribution is -2.47. The number of hydrogen-bond donors (Lipinski definition) is 0. The lowest BCUT2D eigenvalue weighted by Gasteiger charge is -2.36. The van der Waals surface area contributed by atoms with E-state index in [0.717, 1.165) is 18.5 Å². The van der Waals surface area contributed by atoms with Gasteiger partial charge in [0.25, 0.3) is 0 Å². The van der Waals surface area contributed by atoms with E-state index < -0.39 is 11.7 Å². The van der Waals surface area contributed by atoms with Crippen molar-refractivity contribution in [2.24, 2.45) is 0 Å². The molecule has 160 valence electrons. The summed E-state index contributed by atoms with van der Waals surface area (Å²) in [5.41, 5.74) is 0.371. The number of imidazole rings is 1. The average molecular weight is 405 g/mol. The van der Waals surface area contributed by atoms with E-state index in [9.17, 15) is 14.4 Å². The van der Waals surface area contributed by atoms with E-state index in [0.29, 0.717) is 32.0 Å². The van der Waals surface area contributed by atoms with E-state index in [1.807, 2.05) is 37.5 Å². The van der Waals surface area contributed by atoms with Gasteiger partial charge in [0.1, 0.15) is 11.4 Å². The van der Waals surface area contributed by atoms with Gasteiger partial charge >= 0.3 is 12.1 Å². The van der Waals surface area contributed by atoms with Gasteiger partial charge in [0.05, 0.1) is 18.4 Å². The van der Waals surface area contributed by atoms with Crippen molar-refractivity contribution in [1.29, 1.82) is 0 Å². The fourth-order valence-electron chi connectivity index (χ4n) is 3.80. The van der Waals surface area contributed by atoms with Gasteiger partial charge in [-0.25, -0.2) is 14.6 Å². The molecule has 2 aliphatic heterocycles. The van der Waals surface area contributed by atoms with Crippen LogP contribution in [0.25, 0.3) is 0 Å². The maximum absolute atomic E-state index is 12.7. The highest BCUT2D eigenvalue weighted by atomic mass is 16.6. The molecule has 0 spiro atoms. The zero-order chi connectivity index (χ0) is 21.3. The largest absolute Gasteiger partial charge is 0.444 e. The molecular formula is C20H31N5O4. The summed E-state index contributed by atoms with van der Waals surface area (Å²) in [7, 11) is 1.64. The molecule has 1 fully saturated rings. The molecule has 3 amide bonds. The Balaban J connectivity index is 1.44. The molecule has 0 aromatic carbocycles. The first-order valence-electron chi connectivity index (χ1n) is 10.1. The van der Waals surface area contributed by atoms with Crippen LogP contribution in [0.5, 0.6) is 0 Å². The van der Waals surface area contributed by atoms with E-state index in [1.165, 1.54) is 4.90 Å². The van der Waals surface area contributed by atoms with Crippen molar-refractivity contribution in [3.05, 3.63) is 17.7 Å². The van der Waals surface area contributed by atoms with Crippen LogP contribution in [-0.2, 0) is 16.1 Å². The summed E-state index contributed by atoms with van der Waals surface area (Å²) in [6.07, 6.45) is 3.12. The Morgan fingerprint density at radius 2 is 1.93 bits per heavy atom. The van der Waals surface area contributed by atoms with Crippen molar-refractivity contribution in [3.63, 3.8) is 0 Å². The van der Waals surface area contributed by atoms with Crippen LogP contribution in [0.4, 0.5) is 9.59 Å². The summed E-state index contributed by atoms with van der Waals surface area (Å²) in [6, 6.07) is 0.119. The standard InChI is InChI=1S/C20H31N5O4/c1-14-21-12-16-13-24(18(27)25(14)16)15-6-10-23(11-7-15)17(26)8-9-22(5)19(28)29-20(2,3)4/h12,15H,6-11,13H2,1-5H3. The van der Waals surface area contributed by atoms with Gasteiger partial charge in [-0.05, 0) is 40.5 Å². The minimum atomic E-state index is -0.556. The molecule has 0 aliphatic carbocycles. The molecule has 3 heterocycles. The fraction of sp³-hybridized carbons (Fsp3) is 0.700. The molecule has 9 heteroatoms. The number of aromatic nitrogens is 2. The Morgan fingerprint density at radius 3 is 2.52 bits per heavy atom. The van der Waals surface area contributed by atoms with Crippen LogP contribution >= 0.6 is 0 Å². The number of carbonyl (C=O) groups excluding carboxylic acids is 3. The van der Waals surface area contributed by atoms with Crippen LogP contribution in [0.2, 0.25) is 0 Å². The molecule has 29 heavy (non-hydrogen) atoms. The Kier molecular flexibility index (Phi) is 5.86. The highest BCUT2D eigenvalue weighted by molar-refractivity contribution is 5.81. The monoisotopic (exact) mass is 405 g/mol. The van der Waals surface area contributed by atoms with Crippen molar-refractivity contribution in [2.45, 2.75) is 65.1 Å². The molecule has 1 saturated heterocycles. The molecule has 0 saturated carbocycles. The zero-order valence-corrected chi connectivity index (χ0v) is 18.0. The lowest BCUT2D eigenvalue weighted by atomic mass is 10.0. The topological polar surface area (TPSA) is 88.0 Å². The van der Waals surface area contributed by atoms with Crippen molar-refractivity contribution in [1.82, 2.24) is 24.3 Å². The first-order chi connectivity index (χ1) is 13.6. The minimum Gasteiger partial charge on any atom is -0.444 e. The van der Waals surface area contributed by atoms with Gasteiger partial charge in [-0.1, -0.05) is 0 Å². The van der Waals surface area contributed by atoms with E-state index in [2.05, 4.69) is 4.98 Å². The Bertz CT molecular complexity index is 789. The number of amides is 3. The van der Waals surface area contributed by atoms with Crippen molar-refractivity contribution in [3.8, 4) is 0 Å². The van der Waals surface area contributed by atoms with E-state index in [-0.39, 0.29) is 24.4 Å². The molecule has 3 rings (SSSR count). The number of rotatable bonds is 4. The molecule has 0 radical (unpaired) electrons. The van der Waals surface area contributed by atoms with Gasteiger partial charge in [-0.2, -0.15) is 0 Å². The van der Waals surface area contributed by atoms with E-state index in [1.54, 1.807) is 17.8 Å². The minimum absolute atomic E-state index is 0.0150.